The van der Waals surface area contributed by atoms with E-state index in [-0.39, 0.29) is 12.4 Å². The molecule has 1 aromatic rings. The number of ether oxygens (including phenoxy) is 1. The molecule has 0 heterocycles. The van der Waals surface area contributed by atoms with Crippen LogP contribution in [0.2, 0.25) is 0 Å². The van der Waals surface area contributed by atoms with Crippen LogP contribution < -0.4 is 5.32 Å². The molecule has 0 aromatic heterocycles. The average Bonchev–Trinajstić information content (AvgIpc) is 2.48. The van der Waals surface area contributed by atoms with Gasteiger partial charge < -0.3 is 15.2 Å². The Bertz CT molecular complexity index is 427. The van der Waals surface area contributed by atoms with Crippen molar-refractivity contribution in [2.45, 2.75) is 45.3 Å². The van der Waals surface area contributed by atoms with Crippen LogP contribution in [0.1, 0.15) is 37.8 Å². The van der Waals surface area contributed by atoms with Crippen molar-refractivity contribution in [1.29, 1.82) is 0 Å². The molecule has 0 aliphatic rings. The summed E-state index contributed by atoms with van der Waals surface area (Å²) >= 11 is 0. The van der Waals surface area contributed by atoms with E-state index in [1.54, 1.807) is 0 Å². The molecule has 0 saturated heterocycles. The maximum Gasteiger partial charge on any atom is 0.309 e. The molecule has 20 heavy (non-hydrogen) atoms. The summed E-state index contributed by atoms with van der Waals surface area (Å²) in [5.74, 6) is -0.240. The number of carbonyl (C=O) groups is 1. The second-order valence-electron chi connectivity index (χ2n) is 5.06. The first-order valence-corrected chi connectivity index (χ1v) is 7.11. The second-order valence-corrected chi connectivity index (χ2v) is 5.06. The van der Waals surface area contributed by atoms with Crippen LogP contribution in [-0.4, -0.2) is 30.3 Å². The summed E-state index contributed by atoms with van der Waals surface area (Å²) in [4.78, 5) is 11.4. The Morgan fingerprint density at radius 2 is 1.85 bits per heavy atom. The lowest BCUT2D eigenvalue weighted by Crippen LogP contribution is -2.39. The summed E-state index contributed by atoms with van der Waals surface area (Å²) in [6.45, 7) is 5.15. The highest BCUT2D eigenvalue weighted by Crippen LogP contribution is 2.14. The molecule has 0 aliphatic carbocycles. The molecule has 4 heteroatoms. The molecule has 0 bridgehead atoms. The van der Waals surface area contributed by atoms with Crippen molar-refractivity contribution in [2.24, 2.45) is 0 Å². The Labute approximate surface area is 121 Å². The van der Waals surface area contributed by atoms with E-state index in [1.807, 2.05) is 38.1 Å². The first kappa shape index (κ1) is 16.7. The molecule has 0 saturated carbocycles. The Hall–Kier alpha value is -1.39. The number of nitrogens with one attached hydrogen (secondary N) is 1. The molecule has 1 aromatic carbocycles. The van der Waals surface area contributed by atoms with Crippen LogP contribution in [0.3, 0.4) is 0 Å². The highest BCUT2D eigenvalue weighted by Gasteiger charge is 2.21. The van der Waals surface area contributed by atoms with E-state index < -0.39 is 5.60 Å². The molecular weight excluding hydrogens is 254 g/mol. The Balaban J connectivity index is 2.62. The van der Waals surface area contributed by atoms with E-state index in [4.69, 9.17) is 4.74 Å². The minimum absolute atomic E-state index is 0.240. The zero-order valence-electron chi connectivity index (χ0n) is 12.6. The zero-order chi connectivity index (χ0) is 15.0. The van der Waals surface area contributed by atoms with Gasteiger partial charge in [0.05, 0.1) is 19.1 Å². The molecule has 0 radical (unpaired) electrons. The van der Waals surface area contributed by atoms with Gasteiger partial charge in [0, 0.05) is 13.1 Å². The summed E-state index contributed by atoms with van der Waals surface area (Å²) in [5, 5.41) is 13.5. The fourth-order valence-corrected chi connectivity index (χ4v) is 2.06. The van der Waals surface area contributed by atoms with Gasteiger partial charge in [0.15, 0.2) is 0 Å². The first-order chi connectivity index (χ1) is 9.54. The lowest BCUT2D eigenvalue weighted by Gasteiger charge is -2.25. The third kappa shape index (κ3) is 4.94. The molecule has 112 valence electrons. The second kappa shape index (κ2) is 8.02. The molecular formula is C16H25NO3. The molecule has 0 atom stereocenters. The van der Waals surface area contributed by atoms with E-state index in [0.717, 1.165) is 24.0 Å². The zero-order valence-corrected chi connectivity index (χ0v) is 12.6. The van der Waals surface area contributed by atoms with E-state index in [1.165, 1.54) is 7.11 Å². The van der Waals surface area contributed by atoms with E-state index in [0.29, 0.717) is 13.1 Å². The summed E-state index contributed by atoms with van der Waals surface area (Å²) in [6, 6.07) is 7.78. The van der Waals surface area contributed by atoms with Crippen molar-refractivity contribution in [1.82, 2.24) is 5.32 Å². The maximum absolute atomic E-state index is 11.4. The summed E-state index contributed by atoms with van der Waals surface area (Å²) < 4.78 is 4.70. The Kier molecular flexibility index (Phi) is 6.68. The topological polar surface area (TPSA) is 58.6 Å². The maximum atomic E-state index is 11.4. The largest absolute Gasteiger partial charge is 0.469 e. The number of benzene rings is 1. The first-order valence-electron chi connectivity index (χ1n) is 7.11. The van der Waals surface area contributed by atoms with Gasteiger partial charge in [-0.3, -0.25) is 4.79 Å². The van der Waals surface area contributed by atoms with Crippen LogP contribution in [0.4, 0.5) is 0 Å². The molecule has 0 amide bonds. The van der Waals surface area contributed by atoms with Gasteiger partial charge in [0.1, 0.15) is 0 Å². The number of aliphatic hydroxyl groups is 1. The standard InChI is InChI=1S/C16H25NO3/c1-4-16(19,5-2)12-17-11-14-9-7-6-8-13(14)10-15(18)20-3/h6-9,17,19H,4-5,10-12H2,1-3H3. The van der Waals surface area contributed by atoms with Crippen LogP contribution in [0.5, 0.6) is 0 Å². The minimum atomic E-state index is -0.655. The highest BCUT2D eigenvalue weighted by atomic mass is 16.5. The predicted octanol–water partition coefficient (Wildman–Crippen LogP) is 2.04. The molecule has 0 unspecified atom stereocenters. The van der Waals surface area contributed by atoms with Gasteiger partial charge in [-0.15, -0.1) is 0 Å². The van der Waals surface area contributed by atoms with Crippen molar-refractivity contribution in [3.05, 3.63) is 35.4 Å². The van der Waals surface area contributed by atoms with E-state index in [9.17, 15) is 9.90 Å². The lowest BCUT2D eigenvalue weighted by molar-refractivity contribution is -0.139. The van der Waals surface area contributed by atoms with Crippen LogP contribution >= 0.6 is 0 Å². The van der Waals surface area contributed by atoms with Gasteiger partial charge in [-0.2, -0.15) is 0 Å². The fourth-order valence-electron chi connectivity index (χ4n) is 2.06. The third-order valence-corrected chi connectivity index (χ3v) is 3.77. The third-order valence-electron chi connectivity index (χ3n) is 3.77. The van der Waals surface area contributed by atoms with Crippen LogP contribution in [0, 0.1) is 0 Å². The van der Waals surface area contributed by atoms with Gasteiger partial charge in [0.2, 0.25) is 0 Å². The predicted molar refractivity (Wildman–Crippen MR) is 79.4 cm³/mol. The lowest BCUT2D eigenvalue weighted by atomic mass is 9.97. The normalized spacial score (nSPS) is 11.4. The van der Waals surface area contributed by atoms with E-state index in [2.05, 4.69) is 5.32 Å². The number of carbonyl (C=O) groups excluding carboxylic acids is 1. The Morgan fingerprint density at radius 1 is 1.25 bits per heavy atom. The molecule has 2 N–H and O–H groups in total. The monoisotopic (exact) mass is 279 g/mol. The van der Waals surface area contributed by atoms with Gasteiger partial charge >= 0.3 is 5.97 Å². The fraction of sp³-hybridized carbons (Fsp3) is 0.562. The summed E-state index contributed by atoms with van der Waals surface area (Å²) in [7, 11) is 1.39. The quantitative estimate of drug-likeness (QED) is 0.715. The summed E-state index contributed by atoms with van der Waals surface area (Å²) in [5.41, 5.74) is 1.37. The van der Waals surface area contributed by atoms with Gasteiger partial charge in [0.25, 0.3) is 0 Å². The van der Waals surface area contributed by atoms with Crippen LogP contribution in [-0.2, 0) is 22.5 Å². The number of rotatable bonds is 8. The van der Waals surface area contributed by atoms with Gasteiger partial charge in [-0.25, -0.2) is 0 Å². The van der Waals surface area contributed by atoms with Crippen molar-refractivity contribution < 1.29 is 14.6 Å². The average molecular weight is 279 g/mol. The smallest absolute Gasteiger partial charge is 0.309 e. The van der Waals surface area contributed by atoms with Crippen molar-refractivity contribution in [3.63, 3.8) is 0 Å². The number of methoxy groups -OCH3 is 1. The Morgan fingerprint density at radius 3 is 2.40 bits per heavy atom. The summed E-state index contributed by atoms with van der Waals surface area (Å²) in [6.07, 6.45) is 1.72. The molecule has 0 spiro atoms. The van der Waals surface area contributed by atoms with Gasteiger partial charge in [-0.05, 0) is 24.0 Å². The molecule has 1 rings (SSSR count). The highest BCUT2D eigenvalue weighted by molar-refractivity contribution is 5.72. The van der Waals surface area contributed by atoms with Crippen molar-refractivity contribution >= 4 is 5.97 Å². The molecule has 0 aliphatic heterocycles. The SMILES string of the molecule is CCC(O)(CC)CNCc1ccccc1CC(=O)OC. The van der Waals surface area contributed by atoms with E-state index >= 15 is 0 Å². The minimum Gasteiger partial charge on any atom is -0.469 e. The van der Waals surface area contributed by atoms with Crippen LogP contribution in [0.25, 0.3) is 0 Å². The number of hydrogen-bond donors (Lipinski definition) is 2. The van der Waals surface area contributed by atoms with Crippen molar-refractivity contribution in [3.8, 4) is 0 Å². The van der Waals surface area contributed by atoms with Crippen molar-refractivity contribution in [2.75, 3.05) is 13.7 Å². The van der Waals surface area contributed by atoms with Crippen LogP contribution in [0.15, 0.2) is 24.3 Å². The number of hydrogen-bond acceptors (Lipinski definition) is 4. The molecule has 4 nitrogen and oxygen atoms in total. The number of esters is 1. The van der Waals surface area contributed by atoms with Gasteiger partial charge in [-0.1, -0.05) is 38.1 Å². The molecule has 0 fully saturated rings.